The summed E-state index contributed by atoms with van der Waals surface area (Å²) in [5, 5.41) is 0. The van der Waals surface area contributed by atoms with Crippen LogP contribution in [0, 0.1) is 5.92 Å². The molecule has 128 valence electrons. The molecule has 0 saturated carbocycles. The van der Waals surface area contributed by atoms with Crippen LogP contribution in [0.4, 0.5) is 0 Å². The van der Waals surface area contributed by atoms with E-state index in [9.17, 15) is 13.2 Å². The fraction of sp³-hybridized carbons (Fsp3) is 0.588. The topological polar surface area (TPSA) is 57.7 Å². The number of piperazine rings is 1. The highest BCUT2D eigenvalue weighted by atomic mass is 32.2. The van der Waals surface area contributed by atoms with Gasteiger partial charge < -0.3 is 4.90 Å². The Hall–Kier alpha value is -1.40. The van der Waals surface area contributed by atoms with Gasteiger partial charge in [-0.05, 0) is 18.4 Å². The first-order chi connectivity index (χ1) is 10.9. The molecule has 0 aliphatic carbocycles. The monoisotopic (exact) mass is 338 g/mol. The van der Waals surface area contributed by atoms with Gasteiger partial charge in [-0.2, -0.15) is 4.31 Å². The quantitative estimate of drug-likeness (QED) is 0.794. The third-order valence-corrected chi connectivity index (χ3v) is 6.10. The summed E-state index contributed by atoms with van der Waals surface area (Å²) in [5.74, 6) is 0.232. The second-order valence-corrected chi connectivity index (χ2v) is 8.37. The van der Waals surface area contributed by atoms with Crippen LogP contribution < -0.4 is 0 Å². The van der Waals surface area contributed by atoms with Crippen LogP contribution in [0.15, 0.2) is 30.3 Å². The molecule has 5 nitrogen and oxygen atoms in total. The maximum atomic E-state index is 12.4. The third kappa shape index (κ3) is 5.04. The van der Waals surface area contributed by atoms with Crippen molar-refractivity contribution in [2.24, 2.45) is 5.92 Å². The van der Waals surface area contributed by atoms with E-state index in [1.807, 2.05) is 44.2 Å². The molecule has 2 rings (SSSR count). The predicted molar refractivity (Wildman–Crippen MR) is 91.5 cm³/mol. The number of benzene rings is 1. The highest BCUT2D eigenvalue weighted by Gasteiger charge is 2.29. The number of rotatable bonds is 6. The Morgan fingerprint density at radius 1 is 1.09 bits per heavy atom. The maximum Gasteiger partial charge on any atom is 0.225 e. The zero-order chi connectivity index (χ0) is 16.9. The molecule has 1 fully saturated rings. The van der Waals surface area contributed by atoms with E-state index in [4.69, 9.17) is 0 Å². The van der Waals surface area contributed by atoms with Crippen molar-refractivity contribution in [2.75, 3.05) is 31.9 Å². The van der Waals surface area contributed by atoms with Crippen LogP contribution in [0.3, 0.4) is 0 Å². The predicted octanol–water partition coefficient (Wildman–Crippen LogP) is 1.75. The molecule has 0 aromatic heterocycles. The molecule has 23 heavy (non-hydrogen) atoms. The second-order valence-electron chi connectivity index (χ2n) is 6.28. The van der Waals surface area contributed by atoms with Gasteiger partial charge in [0, 0.05) is 32.1 Å². The average molecular weight is 338 g/mol. The van der Waals surface area contributed by atoms with Crippen molar-refractivity contribution in [3.8, 4) is 0 Å². The molecule has 1 amide bonds. The fourth-order valence-corrected chi connectivity index (χ4v) is 4.27. The number of nitrogens with zero attached hydrogens (tertiary/aromatic N) is 2. The van der Waals surface area contributed by atoms with Gasteiger partial charge in [-0.3, -0.25) is 4.79 Å². The van der Waals surface area contributed by atoms with Gasteiger partial charge in [0.05, 0.1) is 5.75 Å². The van der Waals surface area contributed by atoms with Crippen LogP contribution in [-0.4, -0.2) is 55.5 Å². The lowest BCUT2D eigenvalue weighted by molar-refractivity contribution is -0.135. The summed E-state index contributed by atoms with van der Waals surface area (Å²) in [6, 6.07) is 9.92. The van der Waals surface area contributed by atoms with Gasteiger partial charge in [0.25, 0.3) is 0 Å². The van der Waals surface area contributed by atoms with Crippen molar-refractivity contribution in [1.82, 2.24) is 9.21 Å². The molecule has 0 spiro atoms. The summed E-state index contributed by atoms with van der Waals surface area (Å²) in [4.78, 5) is 13.7. The first kappa shape index (κ1) is 17.9. The number of sulfonamides is 1. The van der Waals surface area contributed by atoms with Crippen molar-refractivity contribution >= 4 is 15.9 Å². The lowest BCUT2D eigenvalue weighted by Gasteiger charge is -2.34. The number of carbonyl (C=O) groups excluding carboxylic acids is 1. The van der Waals surface area contributed by atoms with Crippen molar-refractivity contribution in [1.29, 1.82) is 0 Å². The summed E-state index contributed by atoms with van der Waals surface area (Å²) in [6.45, 7) is 5.55. The zero-order valence-electron chi connectivity index (χ0n) is 13.9. The Balaban J connectivity index is 1.81. The summed E-state index contributed by atoms with van der Waals surface area (Å²) < 4.78 is 26.3. The highest BCUT2D eigenvalue weighted by Crippen LogP contribution is 2.13. The lowest BCUT2D eigenvalue weighted by Crippen LogP contribution is -2.51. The van der Waals surface area contributed by atoms with E-state index in [2.05, 4.69) is 0 Å². The molecular formula is C17H26N2O3S. The van der Waals surface area contributed by atoms with Gasteiger partial charge in [0.2, 0.25) is 15.9 Å². The SMILES string of the molecule is CC(C)C(=O)N1CCN(S(=O)(=O)CCCc2ccccc2)CC1. The summed E-state index contributed by atoms with van der Waals surface area (Å²) >= 11 is 0. The average Bonchev–Trinajstić information content (AvgIpc) is 2.55. The molecule has 6 heteroatoms. The first-order valence-electron chi connectivity index (χ1n) is 8.20. The lowest BCUT2D eigenvalue weighted by atomic mass is 10.1. The van der Waals surface area contributed by atoms with Gasteiger partial charge in [-0.25, -0.2) is 8.42 Å². The van der Waals surface area contributed by atoms with Crippen LogP contribution in [0.1, 0.15) is 25.8 Å². The maximum absolute atomic E-state index is 12.4. The Morgan fingerprint density at radius 3 is 2.26 bits per heavy atom. The minimum atomic E-state index is -3.23. The molecule has 1 heterocycles. The van der Waals surface area contributed by atoms with E-state index in [1.54, 1.807) is 4.90 Å². The molecule has 1 aromatic rings. The number of aryl methyl sites for hydroxylation is 1. The fourth-order valence-electron chi connectivity index (χ4n) is 2.78. The van der Waals surface area contributed by atoms with Crippen LogP contribution in [-0.2, 0) is 21.2 Å². The summed E-state index contributed by atoms with van der Waals surface area (Å²) in [7, 11) is -3.23. The van der Waals surface area contributed by atoms with E-state index in [0.29, 0.717) is 32.6 Å². The van der Waals surface area contributed by atoms with E-state index in [0.717, 1.165) is 12.0 Å². The largest absolute Gasteiger partial charge is 0.340 e. The minimum Gasteiger partial charge on any atom is -0.340 e. The molecule has 1 saturated heterocycles. The molecule has 1 aliphatic heterocycles. The Labute approximate surface area is 139 Å². The van der Waals surface area contributed by atoms with Crippen LogP contribution >= 0.6 is 0 Å². The first-order valence-corrected chi connectivity index (χ1v) is 9.81. The van der Waals surface area contributed by atoms with Crippen LogP contribution in [0.5, 0.6) is 0 Å². The van der Waals surface area contributed by atoms with E-state index >= 15 is 0 Å². The Kier molecular flexibility index (Phi) is 6.18. The van der Waals surface area contributed by atoms with Crippen molar-refractivity contribution in [3.05, 3.63) is 35.9 Å². The van der Waals surface area contributed by atoms with E-state index in [-0.39, 0.29) is 17.6 Å². The Morgan fingerprint density at radius 2 is 1.70 bits per heavy atom. The number of amides is 1. The standard InChI is InChI=1S/C17H26N2O3S/c1-15(2)17(20)18-10-12-19(13-11-18)23(21,22)14-6-9-16-7-4-3-5-8-16/h3-5,7-8,15H,6,9-14H2,1-2H3. The highest BCUT2D eigenvalue weighted by molar-refractivity contribution is 7.89. The molecule has 0 unspecified atom stereocenters. The van der Waals surface area contributed by atoms with Crippen LogP contribution in [0.25, 0.3) is 0 Å². The summed E-state index contributed by atoms with van der Waals surface area (Å²) in [5.41, 5.74) is 1.16. The Bertz CT molecular complexity index is 606. The number of hydrogen-bond acceptors (Lipinski definition) is 3. The van der Waals surface area contributed by atoms with Gasteiger partial charge in [-0.15, -0.1) is 0 Å². The number of hydrogen-bond donors (Lipinski definition) is 0. The second kappa shape index (κ2) is 7.93. The minimum absolute atomic E-state index is 0.0379. The van der Waals surface area contributed by atoms with Crippen molar-refractivity contribution in [3.63, 3.8) is 0 Å². The molecular weight excluding hydrogens is 312 g/mol. The number of carbonyl (C=O) groups is 1. The molecule has 0 bridgehead atoms. The van der Waals surface area contributed by atoms with Gasteiger partial charge in [0.1, 0.15) is 0 Å². The van der Waals surface area contributed by atoms with E-state index < -0.39 is 10.0 Å². The molecule has 0 radical (unpaired) electrons. The van der Waals surface area contributed by atoms with Crippen molar-refractivity contribution in [2.45, 2.75) is 26.7 Å². The van der Waals surface area contributed by atoms with Crippen LogP contribution in [0.2, 0.25) is 0 Å². The van der Waals surface area contributed by atoms with Gasteiger partial charge in [0.15, 0.2) is 0 Å². The molecule has 0 atom stereocenters. The smallest absolute Gasteiger partial charge is 0.225 e. The van der Waals surface area contributed by atoms with Gasteiger partial charge in [-0.1, -0.05) is 44.2 Å². The van der Waals surface area contributed by atoms with Gasteiger partial charge >= 0.3 is 0 Å². The molecule has 1 aliphatic rings. The zero-order valence-corrected chi connectivity index (χ0v) is 14.8. The third-order valence-electron chi connectivity index (χ3n) is 4.15. The van der Waals surface area contributed by atoms with Crippen molar-refractivity contribution < 1.29 is 13.2 Å². The molecule has 0 N–H and O–H groups in total. The summed E-state index contributed by atoms with van der Waals surface area (Å²) in [6.07, 6.45) is 1.39. The normalized spacial score (nSPS) is 16.7. The molecule has 1 aromatic carbocycles. The van der Waals surface area contributed by atoms with E-state index in [1.165, 1.54) is 4.31 Å².